The summed E-state index contributed by atoms with van der Waals surface area (Å²) in [5, 5.41) is 4.12. The summed E-state index contributed by atoms with van der Waals surface area (Å²) in [6, 6.07) is 5.60. The molecule has 5 heteroatoms. The van der Waals surface area contributed by atoms with Gasteiger partial charge in [-0.05, 0) is 12.1 Å². The van der Waals surface area contributed by atoms with Crippen LogP contribution in [0.1, 0.15) is 0 Å². The second-order valence-corrected chi connectivity index (χ2v) is 3.61. The van der Waals surface area contributed by atoms with Crippen LogP contribution < -0.4 is 15.2 Å². The van der Waals surface area contributed by atoms with Crippen molar-refractivity contribution in [1.82, 2.24) is 9.78 Å². The van der Waals surface area contributed by atoms with Gasteiger partial charge in [0.2, 0.25) is 0 Å². The molecule has 0 amide bonds. The molecule has 0 aliphatic heterocycles. The molecule has 5 nitrogen and oxygen atoms in total. The lowest BCUT2D eigenvalue weighted by Gasteiger charge is -2.13. The van der Waals surface area contributed by atoms with Crippen molar-refractivity contribution in [2.45, 2.75) is 0 Å². The first-order valence-corrected chi connectivity index (χ1v) is 5.18. The number of rotatable bonds is 3. The van der Waals surface area contributed by atoms with Crippen LogP contribution in [0.2, 0.25) is 0 Å². The maximum atomic E-state index is 5.93. The molecule has 2 aromatic rings. The van der Waals surface area contributed by atoms with Crippen molar-refractivity contribution in [2.75, 3.05) is 20.0 Å². The van der Waals surface area contributed by atoms with Gasteiger partial charge in [-0.25, -0.2) is 0 Å². The Morgan fingerprint density at radius 3 is 2.18 bits per heavy atom. The molecule has 0 saturated heterocycles. The number of ether oxygens (including phenoxy) is 2. The molecule has 2 N–H and O–H groups in total. The molecular formula is C12H15N3O2. The normalized spacial score (nSPS) is 10.3. The van der Waals surface area contributed by atoms with Gasteiger partial charge >= 0.3 is 0 Å². The van der Waals surface area contributed by atoms with Crippen LogP contribution in [0, 0.1) is 0 Å². The van der Waals surface area contributed by atoms with Crippen molar-refractivity contribution in [3.05, 3.63) is 24.4 Å². The van der Waals surface area contributed by atoms with Crippen molar-refractivity contribution in [1.29, 1.82) is 0 Å². The van der Waals surface area contributed by atoms with Crippen molar-refractivity contribution in [3.8, 4) is 22.8 Å². The lowest BCUT2D eigenvalue weighted by atomic mass is 10.1. The Labute approximate surface area is 99.8 Å². The molecule has 0 fully saturated rings. The van der Waals surface area contributed by atoms with Crippen LogP contribution in [-0.4, -0.2) is 24.0 Å². The highest BCUT2D eigenvalue weighted by molar-refractivity contribution is 5.82. The van der Waals surface area contributed by atoms with Crippen LogP contribution in [-0.2, 0) is 7.05 Å². The summed E-state index contributed by atoms with van der Waals surface area (Å²) in [6.45, 7) is 0. The first-order valence-electron chi connectivity index (χ1n) is 5.18. The molecule has 0 radical (unpaired) electrons. The molecule has 0 atom stereocenters. The predicted octanol–water partition coefficient (Wildman–Crippen LogP) is 1.69. The van der Waals surface area contributed by atoms with E-state index >= 15 is 0 Å². The number of benzene rings is 1. The molecule has 0 aliphatic carbocycles. The minimum atomic E-state index is 0.593. The predicted molar refractivity (Wildman–Crippen MR) is 66.2 cm³/mol. The second-order valence-electron chi connectivity index (χ2n) is 3.61. The average molecular weight is 233 g/mol. The summed E-state index contributed by atoms with van der Waals surface area (Å²) in [5.41, 5.74) is 8.12. The smallest absolute Gasteiger partial charge is 0.132 e. The zero-order chi connectivity index (χ0) is 12.4. The lowest BCUT2D eigenvalue weighted by Crippen LogP contribution is -2.00. The summed E-state index contributed by atoms with van der Waals surface area (Å²) in [4.78, 5) is 0. The van der Waals surface area contributed by atoms with E-state index in [-0.39, 0.29) is 0 Å². The molecule has 0 unspecified atom stereocenters. The first-order chi connectivity index (χ1) is 8.19. The van der Waals surface area contributed by atoms with E-state index in [9.17, 15) is 0 Å². The van der Waals surface area contributed by atoms with Gasteiger partial charge in [-0.2, -0.15) is 5.10 Å². The third-order valence-corrected chi connectivity index (χ3v) is 2.63. The van der Waals surface area contributed by atoms with E-state index in [0.29, 0.717) is 17.2 Å². The Balaban J connectivity index is 2.73. The fraction of sp³-hybridized carbons (Fsp3) is 0.250. The number of aromatic nitrogens is 2. The van der Waals surface area contributed by atoms with Gasteiger partial charge in [-0.1, -0.05) is 6.07 Å². The van der Waals surface area contributed by atoms with Crippen LogP contribution >= 0.6 is 0 Å². The van der Waals surface area contributed by atoms with Gasteiger partial charge in [0, 0.05) is 7.05 Å². The highest BCUT2D eigenvalue weighted by Crippen LogP contribution is 2.40. The molecule has 0 aliphatic rings. The van der Waals surface area contributed by atoms with Crippen molar-refractivity contribution >= 4 is 5.69 Å². The third kappa shape index (κ3) is 1.80. The van der Waals surface area contributed by atoms with Gasteiger partial charge in [-0.3, -0.25) is 4.68 Å². The highest BCUT2D eigenvalue weighted by atomic mass is 16.5. The summed E-state index contributed by atoms with van der Waals surface area (Å²) < 4.78 is 12.4. The number of hydrogen-bond acceptors (Lipinski definition) is 4. The van der Waals surface area contributed by atoms with Crippen LogP contribution in [0.25, 0.3) is 11.3 Å². The van der Waals surface area contributed by atoms with Gasteiger partial charge in [-0.15, -0.1) is 0 Å². The molecule has 0 spiro atoms. The summed E-state index contributed by atoms with van der Waals surface area (Å²) in [6.07, 6.45) is 1.61. The second kappa shape index (κ2) is 4.37. The minimum absolute atomic E-state index is 0.593. The molecule has 1 aromatic carbocycles. The fourth-order valence-corrected chi connectivity index (χ4v) is 1.85. The number of aryl methyl sites for hydroxylation is 1. The van der Waals surface area contributed by atoms with Crippen molar-refractivity contribution in [2.24, 2.45) is 7.05 Å². The number of methoxy groups -OCH3 is 2. The molecule has 2 rings (SSSR count). The Morgan fingerprint density at radius 2 is 1.76 bits per heavy atom. The van der Waals surface area contributed by atoms with E-state index in [4.69, 9.17) is 15.2 Å². The molecule has 1 aromatic heterocycles. The van der Waals surface area contributed by atoms with Gasteiger partial charge in [0.1, 0.15) is 11.5 Å². The molecule has 17 heavy (non-hydrogen) atoms. The van der Waals surface area contributed by atoms with Crippen LogP contribution in [0.4, 0.5) is 5.69 Å². The SMILES string of the molecule is COc1cccc(OC)c1-c1c(N)cnn1C. The van der Waals surface area contributed by atoms with Crippen LogP contribution in [0.15, 0.2) is 24.4 Å². The number of hydrogen-bond donors (Lipinski definition) is 1. The summed E-state index contributed by atoms with van der Waals surface area (Å²) >= 11 is 0. The van der Waals surface area contributed by atoms with E-state index in [2.05, 4.69) is 5.10 Å². The summed E-state index contributed by atoms with van der Waals surface area (Å²) in [7, 11) is 5.06. The summed E-state index contributed by atoms with van der Waals surface area (Å²) in [5.74, 6) is 1.42. The van der Waals surface area contributed by atoms with E-state index in [1.54, 1.807) is 25.1 Å². The Bertz CT molecular complexity index is 493. The largest absolute Gasteiger partial charge is 0.496 e. The van der Waals surface area contributed by atoms with E-state index < -0.39 is 0 Å². The van der Waals surface area contributed by atoms with Crippen LogP contribution in [0.5, 0.6) is 11.5 Å². The number of nitrogens with zero attached hydrogens (tertiary/aromatic N) is 2. The maximum absolute atomic E-state index is 5.93. The first kappa shape index (κ1) is 11.3. The Morgan fingerprint density at radius 1 is 1.18 bits per heavy atom. The highest BCUT2D eigenvalue weighted by Gasteiger charge is 2.18. The lowest BCUT2D eigenvalue weighted by molar-refractivity contribution is 0.396. The fourth-order valence-electron chi connectivity index (χ4n) is 1.85. The van der Waals surface area contributed by atoms with E-state index in [1.807, 2.05) is 25.2 Å². The molecule has 0 bridgehead atoms. The zero-order valence-electron chi connectivity index (χ0n) is 10.1. The van der Waals surface area contributed by atoms with E-state index in [1.165, 1.54) is 0 Å². The quantitative estimate of drug-likeness (QED) is 0.876. The maximum Gasteiger partial charge on any atom is 0.132 e. The van der Waals surface area contributed by atoms with Gasteiger partial charge in [0.05, 0.1) is 37.4 Å². The van der Waals surface area contributed by atoms with E-state index in [0.717, 1.165) is 11.3 Å². The Kier molecular flexibility index (Phi) is 2.91. The van der Waals surface area contributed by atoms with Crippen molar-refractivity contribution < 1.29 is 9.47 Å². The van der Waals surface area contributed by atoms with Gasteiger partial charge in [0.15, 0.2) is 0 Å². The number of nitrogen functional groups attached to an aromatic ring is 1. The third-order valence-electron chi connectivity index (χ3n) is 2.63. The van der Waals surface area contributed by atoms with Crippen molar-refractivity contribution in [3.63, 3.8) is 0 Å². The Hall–Kier alpha value is -2.17. The molecule has 1 heterocycles. The molecular weight excluding hydrogens is 218 g/mol. The zero-order valence-corrected chi connectivity index (χ0v) is 10.1. The standard InChI is InChI=1S/C12H15N3O2/c1-15-12(8(13)7-14-15)11-9(16-2)5-4-6-10(11)17-3/h4-7H,13H2,1-3H3. The van der Waals surface area contributed by atoms with Gasteiger partial charge in [0.25, 0.3) is 0 Å². The number of nitrogens with two attached hydrogens (primary N) is 1. The minimum Gasteiger partial charge on any atom is -0.496 e. The molecule has 90 valence electrons. The topological polar surface area (TPSA) is 62.3 Å². The van der Waals surface area contributed by atoms with Gasteiger partial charge < -0.3 is 15.2 Å². The molecule has 0 saturated carbocycles. The number of anilines is 1. The average Bonchev–Trinajstić information content (AvgIpc) is 2.68. The van der Waals surface area contributed by atoms with Crippen LogP contribution in [0.3, 0.4) is 0 Å². The monoisotopic (exact) mass is 233 g/mol.